The second-order valence-electron chi connectivity index (χ2n) is 9.23. The average molecular weight is 534 g/mol. The molecule has 12 heteroatoms. The zero-order chi connectivity index (χ0) is 28.2. The van der Waals surface area contributed by atoms with Crippen molar-refractivity contribution in [3.05, 3.63) is 69.4 Å². The lowest BCUT2D eigenvalue weighted by Crippen LogP contribution is -2.27. The summed E-state index contributed by atoms with van der Waals surface area (Å²) in [5, 5.41) is 5.19. The van der Waals surface area contributed by atoms with Gasteiger partial charge in [0.2, 0.25) is 11.8 Å². The van der Waals surface area contributed by atoms with Gasteiger partial charge in [0, 0.05) is 42.8 Å². The van der Waals surface area contributed by atoms with Crippen LogP contribution < -0.4 is 16.2 Å². The third-order valence-corrected chi connectivity index (χ3v) is 5.56. The van der Waals surface area contributed by atoms with Crippen molar-refractivity contribution in [3.8, 4) is 22.8 Å². The molecule has 0 spiro atoms. The largest absolute Gasteiger partial charge is 0.417 e. The molecule has 202 valence electrons. The van der Waals surface area contributed by atoms with Crippen LogP contribution in [0.4, 0.5) is 17.6 Å². The maximum atomic E-state index is 15.5. The second-order valence-corrected chi connectivity index (χ2v) is 9.23. The van der Waals surface area contributed by atoms with Crippen LogP contribution in [-0.2, 0) is 28.9 Å². The number of carbonyl (C=O) groups excluding carboxylic acids is 2. The Morgan fingerprint density at radius 2 is 1.58 bits per heavy atom. The summed E-state index contributed by atoms with van der Waals surface area (Å²) in [6, 6.07) is 5.75. The van der Waals surface area contributed by atoms with E-state index in [1.807, 2.05) is 0 Å². The molecule has 0 bridgehead atoms. The normalized spacial score (nSPS) is 11.6. The Hall–Kier alpha value is -4.09. The summed E-state index contributed by atoms with van der Waals surface area (Å²) in [6.07, 6.45) is -3.52. The SMILES string of the molecule is CC(C)C(=O)NCc1ccc(-c2cc(=O)[nH]c(-c3c(C(F)(F)F)ccc(CNC(=O)C(C)C)c3F)n2)nc1. The maximum absolute atomic E-state index is 15.5. The first-order valence-electron chi connectivity index (χ1n) is 11.8. The summed E-state index contributed by atoms with van der Waals surface area (Å²) in [7, 11) is 0. The Morgan fingerprint density at radius 3 is 2.13 bits per heavy atom. The van der Waals surface area contributed by atoms with E-state index in [9.17, 15) is 27.6 Å². The number of rotatable bonds is 8. The van der Waals surface area contributed by atoms with Crippen LogP contribution in [0.5, 0.6) is 0 Å². The molecule has 38 heavy (non-hydrogen) atoms. The van der Waals surface area contributed by atoms with E-state index in [0.29, 0.717) is 11.6 Å². The molecule has 0 fully saturated rings. The quantitative estimate of drug-likeness (QED) is 0.375. The van der Waals surface area contributed by atoms with E-state index >= 15 is 4.39 Å². The molecular formula is C26H27F4N5O3. The lowest BCUT2D eigenvalue weighted by molar-refractivity contribution is -0.137. The topological polar surface area (TPSA) is 117 Å². The fraction of sp³-hybridized carbons (Fsp3) is 0.346. The molecule has 0 saturated heterocycles. The van der Waals surface area contributed by atoms with Gasteiger partial charge < -0.3 is 15.6 Å². The van der Waals surface area contributed by atoms with E-state index in [1.165, 1.54) is 12.3 Å². The van der Waals surface area contributed by atoms with Crippen LogP contribution in [0, 0.1) is 17.7 Å². The van der Waals surface area contributed by atoms with Crippen molar-refractivity contribution in [1.82, 2.24) is 25.6 Å². The number of nitrogens with one attached hydrogen (secondary N) is 3. The van der Waals surface area contributed by atoms with Crippen molar-refractivity contribution in [3.63, 3.8) is 0 Å². The van der Waals surface area contributed by atoms with Crippen molar-refractivity contribution >= 4 is 11.8 Å². The third-order valence-electron chi connectivity index (χ3n) is 5.56. The van der Waals surface area contributed by atoms with Crippen molar-refractivity contribution in [1.29, 1.82) is 0 Å². The summed E-state index contributed by atoms with van der Waals surface area (Å²) in [5.41, 5.74) is -2.57. The van der Waals surface area contributed by atoms with E-state index < -0.39 is 46.3 Å². The van der Waals surface area contributed by atoms with E-state index in [0.717, 1.165) is 12.1 Å². The lowest BCUT2D eigenvalue weighted by atomic mass is 10.0. The minimum Gasteiger partial charge on any atom is -0.352 e. The van der Waals surface area contributed by atoms with Crippen molar-refractivity contribution in [2.45, 2.75) is 47.0 Å². The Balaban J connectivity index is 2.01. The molecular weight excluding hydrogens is 506 g/mol. The van der Waals surface area contributed by atoms with Crippen LogP contribution in [0.2, 0.25) is 0 Å². The van der Waals surface area contributed by atoms with E-state index in [-0.39, 0.29) is 41.9 Å². The maximum Gasteiger partial charge on any atom is 0.417 e. The Kier molecular flexibility index (Phi) is 8.64. The molecule has 2 amide bonds. The number of nitrogens with zero attached hydrogens (tertiary/aromatic N) is 2. The number of amides is 2. The fourth-order valence-electron chi connectivity index (χ4n) is 3.39. The highest BCUT2D eigenvalue weighted by molar-refractivity contribution is 5.78. The molecule has 0 aliphatic heterocycles. The summed E-state index contributed by atoms with van der Waals surface area (Å²) in [4.78, 5) is 46.5. The van der Waals surface area contributed by atoms with Gasteiger partial charge in [0.1, 0.15) is 11.6 Å². The molecule has 3 N–H and O–H groups in total. The van der Waals surface area contributed by atoms with Gasteiger partial charge in [0.05, 0.1) is 22.5 Å². The molecule has 0 saturated carbocycles. The average Bonchev–Trinajstić information content (AvgIpc) is 2.85. The number of aromatic amines is 1. The highest BCUT2D eigenvalue weighted by atomic mass is 19.4. The van der Waals surface area contributed by atoms with Gasteiger partial charge in [-0.25, -0.2) is 9.37 Å². The van der Waals surface area contributed by atoms with Gasteiger partial charge in [-0.05, 0) is 17.7 Å². The van der Waals surface area contributed by atoms with Gasteiger partial charge in [-0.3, -0.25) is 19.4 Å². The lowest BCUT2D eigenvalue weighted by Gasteiger charge is -2.17. The molecule has 0 unspecified atom stereocenters. The summed E-state index contributed by atoms with van der Waals surface area (Å²) in [5.74, 6) is -3.07. The van der Waals surface area contributed by atoms with Crippen molar-refractivity contribution in [2.75, 3.05) is 0 Å². The molecule has 3 aromatic rings. The van der Waals surface area contributed by atoms with E-state index in [2.05, 4.69) is 25.6 Å². The van der Waals surface area contributed by atoms with E-state index in [1.54, 1.807) is 33.8 Å². The van der Waals surface area contributed by atoms with Crippen LogP contribution in [0.15, 0.2) is 41.3 Å². The van der Waals surface area contributed by atoms with Crippen molar-refractivity contribution < 1.29 is 27.2 Å². The predicted octanol–water partition coefficient (Wildman–Crippen LogP) is 4.20. The molecule has 0 atom stereocenters. The van der Waals surface area contributed by atoms with Gasteiger partial charge in [-0.2, -0.15) is 13.2 Å². The number of benzene rings is 1. The van der Waals surface area contributed by atoms with Gasteiger partial charge in [-0.1, -0.05) is 39.8 Å². The molecule has 8 nitrogen and oxygen atoms in total. The van der Waals surface area contributed by atoms with E-state index in [4.69, 9.17) is 0 Å². The number of hydrogen-bond acceptors (Lipinski definition) is 5. The highest BCUT2D eigenvalue weighted by Gasteiger charge is 2.37. The van der Waals surface area contributed by atoms with Crippen LogP contribution in [0.3, 0.4) is 0 Å². The molecule has 2 aromatic heterocycles. The summed E-state index contributed by atoms with van der Waals surface area (Å²) in [6.45, 7) is 6.58. The zero-order valence-electron chi connectivity index (χ0n) is 21.2. The van der Waals surface area contributed by atoms with Gasteiger partial charge in [0.25, 0.3) is 5.56 Å². The number of halogens is 4. The number of carbonyl (C=O) groups is 2. The first-order chi connectivity index (χ1) is 17.8. The van der Waals surface area contributed by atoms with Gasteiger partial charge in [-0.15, -0.1) is 0 Å². The molecule has 3 rings (SSSR count). The van der Waals surface area contributed by atoms with Gasteiger partial charge >= 0.3 is 6.18 Å². The van der Waals surface area contributed by atoms with Gasteiger partial charge in [0.15, 0.2) is 0 Å². The summed E-state index contributed by atoms with van der Waals surface area (Å²) < 4.78 is 56.9. The standard InChI is InChI=1S/C26H27F4N5O3/c1-13(2)24(37)32-11-15-5-8-18(31-10-15)19-9-20(36)35-23(34-19)21-17(26(28,29)30)7-6-16(22(21)27)12-33-25(38)14(3)4/h5-10,13-14H,11-12H2,1-4H3,(H,32,37)(H,33,38)(H,34,35,36). The Morgan fingerprint density at radius 1 is 0.947 bits per heavy atom. The smallest absolute Gasteiger partial charge is 0.352 e. The van der Waals surface area contributed by atoms with Crippen LogP contribution in [-0.4, -0.2) is 26.8 Å². The first-order valence-corrected chi connectivity index (χ1v) is 11.8. The Bertz CT molecular complexity index is 1380. The third kappa shape index (κ3) is 6.81. The molecule has 0 aliphatic carbocycles. The molecule has 0 aliphatic rings. The number of pyridine rings is 1. The molecule has 2 heterocycles. The highest BCUT2D eigenvalue weighted by Crippen LogP contribution is 2.38. The second kappa shape index (κ2) is 11.5. The predicted molar refractivity (Wildman–Crippen MR) is 132 cm³/mol. The number of hydrogen-bond donors (Lipinski definition) is 3. The minimum absolute atomic E-state index is 0.0763. The van der Waals surface area contributed by atoms with Crippen molar-refractivity contribution in [2.24, 2.45) is 11.8 Å². The Labute approximate surface area is 215 Å². The molecule has 0 radical (unpaired) electrons. The molecule has 1 aromatic carbocycles. The number of H-pyrrole nitrogens is 1. The fourth-order valence-corrected chi connectivity index (χ4v) is 3.39. The number of aromatic nitrogens is 3. The summed E-state index contributed by atoms with van der Waals surface area (Å²) >= 11 is 0. The van der Waals surface area contributed by atoms with Crippen LogP contribution in [0.25, 0.3) is 22.8 Å². The first kappa shape index (κ1) is 28.5. The number of alkyl halides is 3. The zero-order valence-corrected chi connectivity index (χ0v) is 21.2. The minimum atomic E-state index is -4.95. The van der Waals surface area contributed by atoms with Crippen LogP contribution in [0.1, 0.15) is 44.4 Å². The monoisotopic (exact) mass is 533 g/mol. The van der Waals surface area contributed by atoms with Crippen LogP contribution >= 0.6 is 0 Å².